The van der Waals surface area contributed by atoms with Crippen molar-refractivity contribution in [1.82, 2.24) is 0 Å². The Morgan fingerprint density at radius 3 is 2.43 bits per heavy atom. The molecule has 0 atom stereocenters. The van der Waals surface area contributed by atoms with E-state index in [0.29, 0.717) is 17.1 Å². The third-order valence-electron chi connectivity index (χ3n) is 3.36. The molecule has 0 unspecified atom stereocenters. The van der Waals surface area contributed by atoms with E-state index in [4.69, 9.17) is 4.74 Å². The molecule has 2 nitrogen and oxygen atoms in total. The van der Waals surface area contributed by atoms with Crippen LogP contribution < -0.4 is 4.74 Å². The number of thioether (sulfide) groups is 1. The summed E-state index contributed by atoms with van der Waals surface area (Å²) < 4.78 is 5.31. The highest BCUT2D eigenvalue weighted by Gasteiger charge is 2.13. The Balaban J connectivity index is 2.13. The molecular weight excluding hydrogens is 280 g/mol. The molecule has 0 spiro atoms. The minimum absolute atomic E-state index is 0.0951. The van der Waals surface area contributed by atoms with Crippen LogP contribution in [0.3, 0.4) is 0 Å². The summed E-state index contributed by atoms with van der Waals surface area (Å²) in [7, 11) is 1.60. The molecule has 2 aromatic carbocycles. The van der Waals surface area contributed by atoms with Crippen molar-refractivity contribution in [1.29, 1.82) is 0 Å². The third-order valence-corrected chi connectivity index (χ3v) is 4.52. The molecule has 3 heteroatoms. The standard InChI is InChI=1S/C18H20O2S/c1-12-6-8-15(17(9-12)20-4)16(19)11-21-18-10-13(2)5-7-14(18)3/h5-10H,11H2,1-4H3. The van der Waals surface area contributed by atoms with E-state index in [1.165, 1.54) is 11.1 Å². The molecule has 0 saturated heterocycles. The maximum Gasteiger partial charge on any atom is 0.176 e. The van der Waals surface area contributed by atoms with E-state index in [1.807, 2.05) is 25.1 Å². The van der Waals surface area contributed by atoms with Gasteiger partial charge in [-0.05, 0) is 50.1 Å². The lowest BCUT2D eigenvalue weighted by atomic mass is 10.1. The van der Waals surface area contributed by atoms with Crippen molar-refractivity contribution in [2.24, 2.45) is 0 Å². The van der Waals surface area contributed by atoms with Gasteiger partial charge in [0.25, 0.3) is 0 Å². The van der Waals surface area contributed by atoms with Crippen LogP contribution in [-0.2, 0) is 0 Å². The van der Waals surface area contributed by atoms with Gasteiger partial charge in [-0.1, -0.05) is 23.8 Å². The van der Waals surface area contributed by atoms with Crippen molar-refractivity contribution in [3.05, 3.63) is 58.7 Å². The molecule has 0 aromatic heterocycles. The molecule has 0 fully saturated rings. The zero-order chi connectivity index (χ0) is 15.4. The molecule has 0 amide bonds. The largest absolute Gasteiger partial charge is 0.496 e. The fourth-order valence-corrected chi connectivity index (χ4v) is 3.12. The number of Topliss-reactive ketones (excluding diaryl/α,β-unsaturated/α-hetero) is 1. The SMILES string of the molecule is COc1cc(C)ccc1C(=O)CSc1cc(C)ccc1C. The Labute approximate surface area is 130 Å². The topological polar surface area (TPSA) is 26.3 Å². The molecule has 0 aliphatic heterocycles. The predicted octanol–water partition coefficient (Wildman–Crippen LogP) is 4.60. The number of carbonyl (C=O) groups excluding carboxylic acids is 1. The summed E-state index contributed by atoms with van der Waals surface area (Å²) in [5.41, 5.74) is 4.16. The number of hydrogen-bond acceptors (Lipinski definition) is 3. The lowest BCUT2D eigenvalue weighted by Crippen LogP contribution is -2.05. The lowest BCUT2D eigenvalue weighted by Gasteiger charge is -2.10. The Kier molecular flexibility index (Phi) is 5.07. The minimum Gasteiger partial charge on any atom is -0.496 e. The van der Waals surface area contributed by atoms with Gasteiger partial charge in [0, 0.05) is 4.90 Å². The summed E-state index contributed by atoms with van der Waals surface area (Å²) in [4.78, 5) is 13.6. The molecule has 0 bridgehead atoms. The maximum absolute atomic E-state index is 12.4. The van der Waals surface area contributed by atoms with Crippen molar-refractivity contribution in [2.75, 3.05) is 12.9 Å². The number of benzene rings is 2. The maximum atomic E-state index is 12.4. The summed E-state index contributed by atoms with van der Waals surface area (Å²) in [6, 6.07) is 12.0. The summed E-state index contributed by atoms with van der Waals surface area (Å²) in [5.74, 6) is 1.17. The summed E-state index contributed by atoms with van der Waals surface area (Å²) in [6.45, 7) is 6.12. The highest BCUT2D eigenvalue weighted by atomic mass is 32.2. The van der Waals surface area contributed by atoms with Crippen LogP contribution in [0.15, 0.2) is 41.3 Å². The van der Waals surface area contributed by atoms with Crippen molar-refractivity contribution in [3.63, 3.8) is 0 Å². The van der Waals surface area contributed by atoms with Gasteiger partial charge in [-0.2, -0.15) is 0 Å². The van der Waals surface area contributed by atoms with Crippen molar-refractivity contribution < 1.29 is 9.53 Å². The van der Waals surface area contributed by atoms with E-state index < -0.39 is 0 Å². The van der Waals surface area contributed by atoms with Gasteiger partial charge in [-0.3, -0.25) is 4.79 Å². The molecular formula is C18H20O2S. The monoisotopic (exact) mass is 300 g/mol. The van der Waals surface area contributed by atoms with Gasteiger partial charge < -0.3 is 4.74 Å². The van der Waals surface area contributed by atoms with Gasteiger partial charge in [0.05, 0.1) is 18.4 Å². The molecule has 2 aromatic rings. The smallest absolute Gasteiger partial charge is 0.176 e. The molecule has 2 rings (SSSR count). The second kappa shape index (κ2) is 6.81. The molecule has 0 N–H and O–H groups in total. The molecule has 0 aliphatic carbocycles. The van der Waals surface area contributed by atoms with Crippen LogP contribution in [0, 0.1) is 20.8 Å². The average Bonchev–Trinajstić information content (AvgIpc) is 2.47. The predicted molar refractivity (Wildman–Crippen MR) is 88.7 cm³/mol. The van der Waals surface area contributed by atoms with Crippen LogP contribution >= 0.6 is 11.8 Å². The zero-order valence-corrected chi connectivity index (χ0v) is 13.7. The Bertz CT molecular complexity index is 662. The molecule has 110 valence electrons. The number of methoxy groups -OCH3 is 1. The summed E-state index contributed by atoms with van der Waals surface area (Å²) in [5, 5.41) is 0. The van der Waals surface area contributed by atoms with Crippen LogP contribution in [0.5, 0.6) is 5.75 Å². The van der Waals surface area contributed by atoms with Crippen LogP contribution in [0.1, 0.15) is 27.0 Å². The second-order valence-corrected chi connectivity index (χ2v) is 6.20. The highest BCUT2D eigenvalue weighted by Crippen LogP contribution is 2.27. The Hall–Kier alpha value is -1.74. The van der Waals surface area contributed by atoms with E-state index in [-0.39, 0.29) is 5.78 Å². The Morgan fingerprint density at radius 2 is 1.71 bits per heavy atom. The number of aryl methyl sites for hydroxylation is 3. The van der Waals surface area contributed by atoms with E-state index in [0.717, 1.165) is 10.5 Å². The van der Waals surface area contributed by atoms with E-state index in [2.05, 4.69) is 32.0 Å². The van der Waals surface area contributed by atoms with Crippen LogP contribution in [-0.4, -0.2) is 18.6 Å². The van der Waals surface area contributed by atoms with Crippen molar-refractivity contribution in [3.8, 4) is 5.75 Å². The number of carbonyl (C=O) groups is 1. The quantitative estimate of drug-likeness (QED) is 0.596. The van der Waals surface area contributed by atoms with Gasteiger partial charge in [0.2, 0.25) is 0 Å². The number of hydrogen-bond donors (Lipinski definition) is 0. The van der Waals surface area contributed by atoms with Crippen molar-refractivity contribution in [2.45, 2.75) is 25.7 Å². The van der Waals surface area contributed by atoms with Gasteiger partial charge in [0.1, 0.15) is 5.75 Å². The van der Waals surface area contributed by atoms with Crippen molar-refractivity contribution >= 4 is 17.5 Å². The first-order valence-corrected chi connectivity index (χ1v) is 7.87. The first kappa shape index (κ1) is 15.6. The van der Waals surface area contributed by atoms with E-state index in [9.17, 15) is 4.79 Å². The molecule has 0 aliphatic rings. The molecule has 21 heavy (non-hydrogen) atoms. The first-order chi connectivity index (χ1) is 10.0. The van der Waals surface area contributed by atoms with Crippen LogP contribution in [0.2, 0.25) is 0 Å². The normalized spacial score (nSPS) is 10.5. The fraction of sp³-hybridized carbons (Fsp3) is 0.278. The minimum atomic E-state index is 0.0951. The number of rotatable bonds is 5. The van der Waals surface area contributed by atoms with E-state index in [1.54, 1.807) is 18.9 Å². The Morgan fingerprint density at radius 1 is 1.05 bits per heavy atom. The first-order valence-electron chi connectivity index (χ1n) is 6.89. The number of ether oxygens (including phenoxy) is 1. The lowest BCUT2D eigenvalue weighted by molar-refractivity contribution is 0.101. The zero-order valence-electron chi connectivity index (χ0n) is 12.9. The third kappa shape index (κ3) is 3.88. The summed E-state index contributed by atoms with van der Waals surface area (Å²) in [6.07, 6.45) is 0. The molecule has 0 heterocycles. The van der Waals surface area contributed by atoms with Gasteiger partial charge in [0.15, 0.2) is 5.78 Å². The van der Waals surface area contributed by atoms with Gasteiger partial charge in [-0.25, -0.2) is 0 Å². The van der Waals surface area contributed by atoms with Crippen LogP contribution in [0.25, 0.3) is 0 Å². The highest BCUT2D eigenvalue weighted by molar-refractivity contribution is 8.00. The fourth-order valence-electron chi connectivity index (χ4n) is 2.11. The second-order valence-electron chi connectivity index (χ2n) is 5.18. The summed E-state index contributed by atoms with van der Waals surface area (Å²) >= 11 is 1.58. The molecule has 0 saturated carbocycles. The van der Waals surface area contributed by atoms with Crippen LogP contribution in [0.4, 0.5) is 0 Å². The van der Waals surface area contributed by atoms with Gasteiger partial charge in [-0.15, -0.1) is 11.8 Å². The number of ketones is 1. The average molecular weight is 300 g/mol. The van der Waals surface area contributed by atoms with Gasteiger partial charge >= 0.3 is 0 Å². The van der Waals surface area contributed by atoms with E-state index >= 15 is 0 Å². The molecule has 0 radical (unpaired) electrons.